The second-order valence-electron chi connectivity index (χ2n) is 4.37. The van der Waals surface area contributed by atoms with E-state index < -0.39 is 0 Å². The van der Waals surface area contributed by atoms with E-state index >= 15 is 0 Å². The van der Waals surface area contributed by atoms with E-state index in [1.54, 1.807) is 11.8 Å². The van der Waals surface area contributed by atoms with E-state index in [0.717, 1.165) is 5.82 Å². The molecule has 7 heteroatoms. The number of aromatic nitrogens is 3. The number of hydrogen-bond acceptors (Lipinski definition) is 6. The van der Waals surface area contributed by atoms with Gasteiger partial charge in [0.2, 0.25) is 0 Å². The molecule has 0 bridgehead atoms. The first kappa shape index (κ1) is 15.3. The molecule has 2 rings (SSSR count). The molecule has 0 saturated carbocycles. The zero-order valence-electron chi connectivity index (χ0n) is 12.0. The quantitative estimate of drug-likeness (QED) is 0.729. The Balaban J connectivity index is 2.07. The fourth-order valence-electron chi connectivity index (χ4n) is 1.96. The average molecular weight is 292 g/mol. The zero-order valence-corrected chi connectivity index (χ0v) is 12.0. The second-order valence-corrected chi connectivity index (χ2v) is 4.37. The van der Waals surface area contributed by atoms with Crippen molar-refractivity contribution >= 4 is 0 Å². The maximum atomic E-state index is 9.03. The molecule has 0 saturated heterocycles. The van der Waals surface area contributed by atoms with Gasteiger partial charge in [0, 0.05) is 6.42 Å². The summed E-state index contributed by atoms with van der Waals surface area (Å²) in [6, 6.07) is 7.39. The largest absolute Gasteiger partial charge is 0.493 e. The third-order valence-corrected chi connectivity index (χ3v) is 2.90. The number of nitrogens with two attached hydrogens (primary N) is 1. The minimum absolute atomic E-state index is 0.00768. The molecule has 1 aromatic carbocycles. The van der Waals surface area contributed by atoms with Crippen LogP contribution in [0.25, 0.3) is 0 Å². The Morgan fingerprint density at radius 2 is 2.05 bits per heavy atom. The molecule has 0 amide bonds. The first-order valence-corrected chi connectivity index (χ1v) is 6.77. The molecule has 1 heterocycles. The number of aliphatic hydroxyl groups is 1. The highest BCUT2D eigenvalue weighted by Crippen LogP contribution is 2.26. The Labute approximate surface area is 123 Å². The van der Waals surface area contributed by atoms with Crippen molar-refractivity contribution in [3.05, 3.63) is 35.9 Å². The van der Waals surface area contributed by atoms with Crippen molar-refractivity contribution in [1.29, 1.82) is 0 Å². The summed E-state index contributed by atoms with van der Waals surface area (Å²) in [6.07, 6.45) is 0.613. The Hall–Kier alpha value is -2.12. The van der Waals surface area contributed by atoms with Crippen LogP contribution in [0, 0.1) is 0 Å². The van der Waals surface area contributed by atoms with Crippen molar-refractivity contribution in [3.63, 3.8) is 0 Å². The summed E-state index contributed by atoms with van der Waals surface area (Å²) in [5.74, 6) is 2.61. The van der Waals surface area contributed by atoms with Crippen LogP contribution in [0.2, 0.25) is 0 Å². The highest BCUT2D eigenvalue weighted by molar-refractivity contribution is 5.39. The summed E-state index contributed by atoms with van der Waals surface area (Å²) < 4.78 is 12.6. The molecule has 0 spiro atoms. The molecule has 0 fully saturated rings. The van der Waals surface area contributed by atoms with Crippen LogP contribution < -0.4 is 15.2 Å². The minimum atomic E-state index is 0.00768. The number of para-hydroxylation sites is 2. The van der Waals surface area contributed by atoms with Crippen LogP contribution in [0.4, 0.5) is 0 Å². The van der Waals surface area contributed by atoms with Crippen LogP contribution in [0.15, 0.2) is 24.3 Å². The van der Waals surface area contributed by atoms with Crippen LogP contribution >= 0.6 is 0 Å². The number of rotatable bonds is 8. The maximum Gasteiger partial charge on any atom is 0.188 e. The minimum Gasteiger partial charge on any atom is -0.493 e. The average Bonchev–Trinajstić information content (AvgIpc) is 2.88. The van der Waals surface area contributed by atoms with Crippen LogP contribution in [0.3, 0.4) is 0 Å². The van der Waals surface area contributed by atoms with E-state index in [4.69, 9.17) is 20.3 Å². The molecule has 3 N–H and O–H groups in total. The van der Waals surface area contributed by atoms with Crippen molar-refractivity contribution in [2.24, 2.45) is 5.73 Å². The Morgan fingerprint density at radius 1 is 1.29 bits per heavy atom. The van der Waals surface area contributed by atoms with Crippen molar-refractivity contribution in [1.82, 2.24) is 14.8 Å². The molecule has 0 atom stereocenters. The van der Waals surface area contributed by atoms with Crippen LogP contribution in [0.1, 0.15) is 11.6 Å². The molecule has 114 valence electrons. The van der Waals surface area contributed by atoms with Gasteiger partial charge in [-0.3, -0.25) is 0 Å². The molecule has 0 aliphatic heterocycles. The fraction of sp³-hybridized carbons (Fsp3) is 0.429. The van der Waals surface area contributed by atoms with Crippen LogP contribution in [0.5, 0.6) is 11.5 Å². The van der Waals surface area contributed by atoms with Crippen LogP contribution in [-0.4, -0.2) is 40.1 Å². The van der Waals surface area contributed by atoms with Crippen molar-refractivity contribution in [2.75, 3.05) is 20.3 Å². The smallest absolute Gasteiger partial charge is 0.188 e. The van der Waals surface area contributed by atoms with E-state index in [1.807, 2.05) is 24.3 Å². The number of aliphatic hydroxyl groups excluding tert-OH is 1. The van der Waals surface area contributed by atoms with E-state index in [1.165, 1.54) is 0 Å². The topological polar surface area (TPSA) is 95.4 Å². The van der Waals surface area contributed by atoms with Gasteiger partial charge in [-0.2, -0.15) is 5.10 Å². The van der Waals surface area contributed by atoms with Gasteiger partial charge in [-0.1, -0.05) is 12.1 Å². The van der Waals surface area contributed by atoms with Gasteiger partial charge in [0.1, 0.15) is 12.4 Å². The molecular weight excluding hydrogens is 272 g/mol. The van der Waals surface area contributed by atoms with Gasteiger partial charge >= 0.3 is 0 Å². The number of nitrogens with zero attached hydrogens (tertiary/aromatic N) is 3. The SMILES string of the molecule is COc1ccccc1OCc1nc(CCN)n(CCO)n1. The molecule has 7 nitrogen and oxygen atoms in total. The highest BCUT2D eigenvalue weighted by Gasteiger charge is 2.10. The Bertz CT molecular complexity index is 548. The van der Waals surface area contributed by atoms with Gasteiger partial charge in [0.15, 0.2) is 17.3 Å². The third-order valence-electron chi connectivity index (χ3n) is 2.90. The lowest BCUT2D eigenvalue weighted by molar-refractivity contribution is 0.261. The van der Waals surface area contributed by atoms with Gasteiger partial charge in [-0.05, 0) is 18.7 Å². The molecule has 0 aliphatic carbocycles. The maximum absolute atomic E-state index is 9.03. The highest BCUT2D eigenvalue weighted by atomic mass is 16.5. The molecule has 0 unspecified atom stereocenters. The van der Waals surface area contributed by atoms with Gasteiger partial charge in [0.25, 0.3) is 0 Å². The molecule has 0 aliphatic rings. The summed E-state index contributed by atoms with van der Waals surface area (Å²) in [4.78, 5) is 4.38. The summed E-state index contributed by atoms with van der Waals surface area (Å²) in [5.41, 5.74) is 5.55. The standard InChI is InChI=1S/C14H20N4O3/c1-20-11-4-2-3-5-12(11)21-10-13-16-14(6-7-15)18(17-13)8-9-19/h2-5,19H,6-10,15H2,1H3. The second kappa shape index (κ2) is 7.61. The Morgan fingerprint density at radius 3 is 2.71 bits per heavy atom. The van der Waals surface area contributed by atoms with Crippen molar-refractivity contribution in [2.45, 2.75) is 19.6 Å². The molecule has 0 radical (unpaired) electrons. The van der Waals surface area contributed by atoms with E-state index in [0.29, 0.717) is 36.8 Å². The monoisotopic (exact) mass is 292 g/mol. The number of hydrogen-bond donors (Lipinski definition) is 2. The van der Waals surface area contributed by atoms with Gasteiger partial charge in [-0.15, -0.1) is 0 Å². The summed E-state index contributed by atoms with van der Waals surface area (Å²) in [6.45, 7) is 1.12. The lowest BCUT2D eigenvalue weighted by Crippen LogP contribution is -2.12. The predicted molar refractivity (Wildman–Crippen MR) is 77.2 cm³/mol. The zero-order chi connectivity index (χ0) is 15.1. The van der Waals surface area contributed by atoms with Crippen molar-refractivity contribution in [3.8, 4) is 11.5 Å². The molecular formula is C14H20N4O3. The first-order chi connectivity index (χ1) is 10.3. The Kier molecular flexibility index (Phi) is 5.53. The van der Waals surface area contributed by atoms with E-state index in [-0.39, 0.29) is 13.2 Å². The summed E-state index contributed by atoms with van der Waals surface area (Å²) in [7, 11) is 1.59. The predicted octanol–water partition coefficient (Wildman–Crippen LogP) is 0.359. The normalized spacial score (nSPS) is 10.6. The summed E-state index contributed by atoms with van der Waals surface area (Å²) >= 11 is 0. The van der Waals surface area contributed by atoms with Gasteiger partial charge in [-0.25, -0.2) is 9.67 Å². The van der Waals surface area contributed by atoms with Gasteiger partial charge < -0.3 is 20.3 Å². The third kappa shape index (κ3) is 3.93. The van der Waals surface area contributed by atoms with Crippen LogP contribution in [-0.2, 0) is 19.6 Å². The first-order valence-electron chi connectivity index (χ1n) is 6.77. The summed E-state index contributed by atoms with van der Waals surface area (Å²) in [5, 5.41) is 13.3. The number of benzene rings is 1. The fourth-order valence-corrected chi connectivity index (χ4v) is 1.96. The molecule has 21 heavy (non-hydrogen) atoms. The van der Waals surface area contributed by atoms with Crippen molar-refractivity contribution < 1.29 is 14.6 Å². The lowest BCUT2D eigenvalue weighted by atomic mass is 10.3. The number of ether oxygens (including phenoxy) is 2. The lowest BCUT2D eigenvalue weighted by Gasteiger charge is -2.08. The molecule has 1 aromatic heterocycles. The number of methoxy groups -OCH3 is 1. The van der Waals surface area contributed by atoms with Gasteiger partial charge in [0.05, 0.1) is 20.3 Å². The van der Waals surface area contributed by atoms with E-state index in [9.17, 15) is 0 Å². The molecule has 2 aromatic rings. The van der Waals surface area contributed by atoms with E-state index in [2.05, 4.69) is 10.1 Å².